The fraction of sp³-hybridized carbons (Fsp3) is 0.312. The molecule has 0 fully saturated rings. The molecule has 0 aliphatic rings. The number of aromatic nitrogens is 2. The van der Waals surface area contributed by atoms with Gasteiger partial charge in [-0.25, -0.2) is 0 Å². The summed E-state index contributed by atoms with van der Waals surface area (Å²) in [5, 5.41) is 2.46. The van der Waals surface area contributed by atoms with Gasteiger partial charge in [0.15, 0.2) is 5.75 Å². The Bertz CT molecular complexity index is 771. The van der Waals surface area contributed by atoms with Crippen molar-refractivity contribution in [2.45, 2.75) is 20.4 Å². The van der Waals surface area contributed by atoms with E-state index in [1.807, 2.05) is 0 Å². The number of para-hydroxylation sites is 1. The molecule has 0 saturated carbocycles. The van der Waals surface area contributed by atoms with Crippen LogP contribution in [0.1, 0.15) is 12.6 Å². The maximum absolute atomic E-state index is 5.61. The van der Waals surface area contributed by atoms with Crippen LogP contribution in [0.25, 0.3) is 21.8 Å². The third-order valence-electron chi connectivity index (χ3n) is 3.96. The van der Waals surface area contributed by atoms with E-state index >= 15 is 0 Å². The SMILES string of the molecule is CC[n+]1cc(OC)c2c3ccccc3n(C)c2c1C. The van der Waals surface area contributed by atoms with E-state index in [0.717, 1.165) is 12.3 Å². The first-order chi connectivity index (χ1) is 9.19. The highest BCUT2D eigenvalue weighted by Crippen LogP contribution is 2.34. The maximum atomic E-state index is 5.61. The van der Waals surface area contributed by atoms with Crippen LogP contribution in [0.3, 0.4) is 0 Å². The van der Waals surface area contributed by atoms with Crippen LogP contribution in [-0.2, 0) is 13.6 Å². The van der Waals surface area contributed by atoms with Crippen molar-refractivity contribution in [1.29, 1.82) is 0 Å². The summed E-state index contributed by atoms with van der Waals surface area (Å²) >= 11 is 0. The molecule has 0 aliphatic carbocycles. The van der Waals surface area contributed by atoms with Crippen molar-refractivity contribution in [2.24, 2.45) is 7.05 Å². The average molecular weight is 255 g/mol. The Labute approximate surface area is 113 Å². The molecule has 0 amide bonds. The highest BCUT2D eigenvalue weighted by Gasteiger charge is 2.21. The molecule has 0 aliphatic heterocycles. The minimum Gasteiger partial charge on any atom is -0.490 e. The number of hydrogen-bond acceptors (Lipinski definition) is 1. The van der Waals surface area contributed by atoms with Gasteiger partial charge in [-0.1, -0.05) is 18.2 Å². The Morgan fingerprint density at radius 3 is 2.68 bits per heavy atom. The third kappa shape index (κ3) is 1.54. The summed E-state index contributed by atoms with van der Waals surface area (Å²) in [6, 6.07) is 8.48. The van der Waals surface area contributed by atoms with Crippen molar-refractivity contribution < 1.29 is 9.30 Å². The van der Waals surface area contributed by atoms with Crippen molar-refractivity contribution >= 4 is 21.8 Å². The van der Waals surface area contributed by atoms with Gasteiger partial charge < -0.3 is 9.30 Å². The van der Waals surface area contributed by atoms with E-state index in [4.69, 9.17) is 4.74 Å². The quantitative estimate of drug-likeness (QED) is 0.644. The summed E-state index contributed by atoms with van der Waals surface area (Å²) < 4.78 is 10.1. The lowest BCUT2D eigenvalue weighted by Crippen LogP contribution is -2.36. The van der Waals surface area contributed by atoms with Crippen molar-refractivity contribution in [2.75, 3.05) is 7.11 Å². The Hall–Kier alpha value is -2.03. The number of benzene rings is 1. The van der Waals surface area contributed by atoms with Gasteiger partial charge >= 0.3 is 0 Å². The summed E-state index contributed by atoms with van der Waals surface area (Å²) in [7, 11) is 3.86. The van der Waals surface area contributed by atoms with E-state index in [1.54, 1.807) is 7.11 Å². The molecule has 0 N–H and O–H groups in total. The second-order valence-electron chi connectivity index (χ2n) is 4.87. The summed E-state index contributed by atoms with van der Waals surface area (Å²) in [4.78, 5) is 0. The molecule has 3 heteroatoms. The van der Waals surface area contributed by atoms with E-state index < -0.39 is 0 Å². The molecule has 1 aromatic carbocycles. The van der Waals surface area contributed by atoms with Crippen molar-refractivity contribution in [1.82, 2.24) is 4.57 Å². The largest absolute Gasteiger partial charge is 0.490 e. The number of rotatable bonds is 2. The first-order valence-electron chi connectivity index (χ1n) is 6.63. The van der Waals surface area contributed by atoms with E-state index in [-0.39, 0.29) is 0 Å². The molecule has 0 unspecified atom stereocenters. The molecule has 0 bridgehead atoms. The monoisotopic (exact) mass is 255 g/mol. The van der Waals surface area contributed by atoms with Gasteiger partial charge in [0, 0.05) is 24.9 Å². The number of hydrogen-bond donors (Lipinski definition) is 0. The number of pyridine rings is 1. The van der Waals surface area contributed by atoms with Crippen LogP contribution in [-0.4, -0.2) is 11.7 Å². The molecule has 0 radical (unpaired) electrons. The fourth-order valence-electron chi connectivity index (χ4n) is 2.99. The van der Waals surface area contributed by atoms with Crippen molar-refractivity contribution in [3.05, 3.63) is 36.2 Å². The van der Waals surface area contributed by atoms with Gasteiger partial charge in [0.1, 0.15) is 12.1 Å². The van der Waals surface area contributed by atoms with Crippen LogP contribution < -0.4 is 9.30 Å². The molecule has 3 nitrogen and oxygen atoms in total. The molecule has 3 aromatic rings. The maximum Gasteiger partial charge on any atom is 0.212 e. The van der Waals surface area contributed by atoms with Crippen molar-refractivity contribution in [3.8, 4) is 5.75 Å². The average Bonchev–Trinajstić information content (AvgIpc) is 2.75. The molecule has 98 valence electrons. The number of ether oxygens (including phenoxy) is 1. The molecule has 19 heavy (non-hydrogen) atoms. The second-order valence-corrected chi connectivity index (χ2v) is 4.87. The lowest BCUT2D eigenvalue weighted by Gasteiger charge is -2.06. The fourth-order valence-corrected chi connectivity index (χ4v) is 2.99. The topological polar surface area (TPSA) is 18.0 Å². The van der Waals surface area contributed by atoms with Gasteiger partial charge in [-0.3, -0.25) is 0 Å². The molecular formula is C16H19N2O+. The molecular weight excluding hydrogens is 236 g/mol. The van der Waals surface area contributed by atoms with Crippen LogP contribution >= 0.6 is 0 Å². The lowest BCUT2D eigenvalue weighted by molar-refractivity contribution is -0.698. The number of nitrogens with zero attached hydrogens (tertiary/aromatic N) is 2. The first-order valence-corrected chi connectivity index (χ1v) is 6.63. The zero-order valence-corrected chi connectivity index (χ0v) is 11.9. The highest BCUT2D eigenvalue weighted by atomic mass is 16.5. The van der Waals surface area contributed by atoms with Crippen LogP contribution in [0.2, 0.25) is 0 Å². The summed E-state index contributed by atoms with van der Waals surface area (Å²) in [5.74, 6) is 0.944. The van der Waals surface area contributed by atoms with Gasteiger partial charge in [-0.15, -0.1) is 0 Å². The van der Waals surface area contributed by atoms with E-state index in [0.29, 0.717) is 0 Å². The second kappa shape index (κ2) is 4.26. The molecule has 0 atom stereocenters. The van der Waals surface area contributed by atoms with Gasteiger partial charge in [-0.05, 0) is 13.0 Å². The van der Waals surface area contributed by atoms with E-state index in [1.165, 1.54) is 27.5 Å². The van der Waals surface area contributed by atoms with Crippen molar-refractivity contribution in [3.63, 3.8) is 0 Å². The molecule has 0 saturated heterocycles. The van der Waals surface area contributed by atoms with Gasteiger partial charge in [0.25, 0.3) is 0 Å². The third-order valence-corrected chi connectivity index (χ3v) is 3.96. The number of fused-ring (bicyclic) bond motifs is 3. The minimum atomic E-state index is 0.944. The predicted octanol–water partition coefficient (Wildman–Crippen LogP) is 2.96. The predicted molar refractivity (Wildman–Crippen MR) is 77.6 cm³/mol. The van der Waals surface area contributed by atoms with Crippen LogP contribution in [0.5, 0.6) is 5.75 Å². The Kier molecular flexibility index (Phi) is 2.70. The Morgan fingerprint density at radius 2 is 2.00 bits per heavy atom. The minimum absolute atomic E-state index is 0.944. The summed E-state index contributed by atoms with van der Waals surface area (Å²) in [5.41, 5.74) is 3.77. The number of methoxy groups -OCH3 is 1. The molecule has 0 spiro atoms. The normalized spacial score (nSPS) is 11.4. The lowest BCUT2D eigenvalue weighted by atomic mass is 10.1. The summed E-state index contributed by atoms with van der Waals surface area (Å²) in [6.45, 7) is 5.27. The smallest absolute Gasteiger partial charge is 0.212 e. The Morgan fingerprint density at radius 1 is 1.26 bits per heavy atom. The van der Waals surface area contributed by atoms with E-state index in [9.17, 15) is 0 Å². The van der Waals surface area contributed by atoms with Gasteiger partial charge in [0.2, 0.25) is 11.9 Å². The molecule has 2 aromatic heterocycles. The van der Waals surface area contributed by atoms with Crippen LogP contribution in [0, 0.1) is 6.92 Å². The first kappa shape index (κ1) is 12.0. The van der Waals surface area contributed by atoms with E-state index in [2.05, 4.69) is 60.5 Å². The Balaban J connectivity index is 2.61. The zero-order chi connectivity index (χ0) is 13.6. The van der Waals surface area contributed by atoms with Crippen LogP contribution in [0.4, 0.5) is 0 Å². The molecule has 2 heterocycles. The van der Waals surface area contributed by atoms with Gasteiger partial charge in [0.05, 0.1) is 12.5 Å². The summed E-state index contributed by atoms with van der Waals surface area (Å²) in [6.07, 6.45) is 2.10. The van der Waals surface area contributed by atoms with Crippen LogP contribution in [0.15, 0.2) is 30.5 Å². The zero-order valence-electron chi connectivity index (χ0n) is 11.9. The standard InChI is InChI=1S/C16H19N2O/c1-5-18-10-14(19-4)15-12-8-6-7-9-13(12)17(3)16(15)11(18)2/h6-10H,5H2,1-4H3/q+1. The number of aryl methyl sites for hydroxylation is 3. The molecule has 3 rings (SSSR count). The van der Waals surface area contributed by atoms with Gasteiger partial charge in [-0.2, -0.15) is 4.57 Å². The highest BCUT2D eigenvalue weighted by molar-refractivity contribution is 6.11.